The fraction of sp³-hybridized carbons (Fsp3) is 0.133. The molecule has 2 aromatic rings. The van der Waals surface area contributed by atoms with Crippen LogP contribution >= 0.6 is 0 Å². The molecule has 0 heterocycles. The van der Waals surface area contributed by atoms with Crippen molar-refractivity contribution in [2.75, 3.05) is 25.2 Å². The highest BCUT2D eigenvalue weighted by molar-refractivity contribution is 7.86. The van der Waals surface area contributed by atoms with E-state index in [1.165, 1.54) is 20.2 Å². The lowest BCUT2D eigenvalue weighted by Crippen LogP contribution is -2.14. The number of rotatable bonds is 4. The molecule has 0 unspecified atom stereocenters. The number of methoxy groups -OCH3 is 1. The maximum atomic E-state index is 12.1. The van der Waals surface area contributed by atoms with Crippen LogP contribution in [0.5, 0.6) is 5.75 Å². The van der Waals surface area contributed by atoms with Crippen molar-refractivity contribution in [2.24, 2.45) is 5.73 Å². The Hall–Kier alpha value is -2.62. The highest BCUT2D eigenvalue weighted by Crippen LogP contribution is 2.32. The molecular weight excluding hydrogens is 334 g/mol. The normalized spacial score (nSPS) is 10.3. The van der Waals surface area contributed by atoms with E-state index in [1.54, 1.807) is 30.3 Å². The van der Waals surface area contributed by atoms with Crippen molar-refractivity contribution in [3.63, 3.8) is 0 Å². The second-order valence-electron chi connectivity index (χ2n) is 4.39. The molecule has 130 valence electrons. The number of anilines is 2. The maximum absolute atomic E-state index is 12.1. The van der Waals surface area contributed by atoms with Gasteiger partial charge in [0.2, 0.25) is 0 Å². The first-order valence-electron chi connectivity index (χ1n) is 6.72. The van der Waals surface area contributed by atoms with Gasteiger partial charge in [0.25, 0.3) is 16.0 Å². The second kappa shape index (κ2) is 8.29. The van der Waals surface area contributed by atoms with E-state index in [9.17, 15) is 13.2 Å². The molecule has 0 saturated carbocycles. The van der Waals surface area contributed by atoms with E-state index in [1.807, 2.05) is 0 Å². The molecular formula is C15H19N3O5S. The predicted octanol–water partition coefficient (Wildman–Crippen LogP) is 1.35. The molecule has 0 aliphatic carbocycles. The SMILES string of the molecule is CN.COc1cc(N)c(S(=O)(=O)O)cc1NC(=O)c1ccccc1. The molecule has 0 fully saturated rings. The van der Waals surface area contributed by atoms with Gasteiger partial charge < -0.3 is 21.5 Å². The molecule has 2 rings (SSSR count). The maximum Gasteiger partial charge on any atom is 0.296 e. The van der Waals surface area contributed by atoms with Crippen LogP contribution in [0.25, 0.3) is 0 Å². The summed E-state index contributed by atoms with van der Waals surface area (Å²) in [5.74, 6) is -0.279. The minimum absolute atomic E-state index is 0.0816. The first-order valence-corrected chi connectivity index (χ1v) is 8.16. The van der Waals surface area contributed by atoms with Crippen molar-refractivity contribution < 1.29 is 22.5 Å². The molecule has 0 atom stereocenters. The third kappa shape index (κ3) is 4.69. The number of benzene rings is 2. The van der Waals surface area contributed by atoms with Crippen molar-refractivity contribution in [1.29, 1.82) is 0 Å². The van der Waals surface area contributed by atoms with Crippen LogP contribution < -0.4 is 21.5 Å². The van der Waals surface area contributed by atoms with E-state index in [-0.39, 0.29) is 17.1 Å². The van der Waals surface area contributed by atoms with Crippen LogP contribution in [0.1, 0.15) is 10.4 Å². The number of carbonyl (C=O) groups excluding carboxylic acids is 1. The number of nitrogen functional groups attached to an aromatic ring is 1. The fourth-order valence-electron chi connectivity index (χ4n) is 1.85. The van der Waals surface area contributed by atoms with Crippen molar-refractivity contribution in [1.82, 2.24) is 0 Å². The number of hydrogen-bond donors (Lipinski definition) is 4. The standard InChI is InChI=1S/C14H14N2O5S.CH5N/c1-21-12-7-10(15)13(22(18,19)20)8-11(12)16-14(17)9-5-3-2-4-6-9;1-2/h2-8H,15H2,1H3,(H,16,17)(H,18,19,20);2H2,1H3. The topological polar surface area (TPSA) is 145 Å². The summed E-state index contributed by atoms with van der Waals surface area (Å²) in [6.45, 7) is 0. The Balaban J connectivity index is 0.00000139. The van der Waals surface area contributed by atoms with Crippen molar-refractivity contribution in [3.8, 4) is 5.75 Å². The Morgan fingerprint density at radius 1 is 1.17 bits per heavy atom. The molecule has 0 aliphatic heterocycles. The number of amides is 1. The molecule has 6 N–H and O–H groups in total. The zero-order valence-corrected chi connectivity index (χ0v) is 14.0. The van der Waals surface area contributed by atoms with Gasteiger partial charge in [0.05, 0.1) is 18.5 Å². The molecule has 1 amide bonds. The summed E-state index contributed by atoms with van der Waals surface area (Å²) in [6.07, 6.45) is 0. The van der Waals surface area contributed by atoms with Crippen LogP contribution in [-0.4, -0.2) is 33.0 Å². The summed E-state index contributed by atoms with van der Waals surface area (Å²) in [5, 5.41) is 2.52. The molecule has 24 heavy (non-hydrogen) atoms. The minimum atomic E-state index is -4.51. The molecule has 2 aromatic carbocycles. The summed E-state index contributed by atoms with van der Waals surface area (Å²) < 4.78 is 36.8. The lowest BCUT2D eigenvalue weighted by molar-refractivity contribution is 0.102. The Kier molecular flexibility index (Phi) is 6.71. The average Bonchev–Trinajstić information content (AvgIpc) is 2.57. The zero-order valence-electron chi connectivity index (χ0n) is 13.2. The van der Waals surface area contributed by atoms with E-state index >= 15 is 0 Å². The monoisotopic (exact) mass is 353 g/mol. The molecule has 8 nitrogen and oxygen atoms in total. The van der Waals surface area contributed by atoms with Crippen LogP contribution in [0.3, 0.4) is 0 Å². The van der Waals surface area contributed by atoms with Gasteiger partial charge in [0.1, 0.15) is 10.6 Å². The minimum Gasteiger partial charge on any atom is -0.494 e. The van der Waals surface area contributed by atoms with E-state index in [2.05, 4.69) is 11.1 Å². The van der Waals surface area contributed by atoms with Crippen LogP contribution in [0.4, 0.5) is 11.4 Å². The van der Waals surface area contributed by atoms with Gasteiger partial charge >= 0.3 is 0 Å². The summed E-state index contributed by atoms with van der Waals surface area (Å²) in [7, 11) is -1.67. The summed E-state index contributed by atoms with van der Waals surface area (Å²) in [4.78, 5) is 11.6. The fourth-order valence-corrected chi connectivity index (χ4v) is 2.47. The van der Waals surface area contributed by atoms with E-state index in [0.717, 1.165) is 6.07 Å². The number of nitrogens with two attached hydrogens (primary N) is 2. The van der Waals surface area contributed by atoms with Gasteiger partial charge in [-0.1, -0.05) is 18.2 Å². The lowest BCUT2D eigenvalue weighted by atomic mass is 10.2. The van der Waals surface area contributed by atoms with Gasteiger partial charge in [-0.2, -0.15) is 8.42 Å². The first-order chi connectivity index (χ1) is 11.3. The first kappa shape index (κ1) is 19.4. The van der Waals surface area contributed by atoms with Crippen LogP contribution in [0.2, 0.25) is 0 Å². The van der Waals surface area contributed by atoms with Crippen molar-refractivity contribution in [3.05, 3.63) is 48.0 Å². The number of nitrogens with one attached hydrogen (secondary N) is 1. The Morgan fingerprint density at radius 3 is 2.25 bits per heavy atom. The Bertz CT molecular complexity index is 807. The number of hydrogen-bond acceptors (Lipinski definition) is 6. The predicted molar refractivity (Wildman–Crippen MR) is 91.7 cm³/mol. The highest BCUT2D eigenvalue weighted by atomic mass is 32.2. The molecule has 0 aromatic heterocycles. The molecule has 0 radical (unpaired) electrons. The number of ether oxygens (including phenoxy) is 1. The zero-order chi connectivity index (χ0) is 18.3. The molecule has 9 heteroatoms. The van der Waals surface area contributed by atoms with Gasteiger partial charge in [-0.3, -0.25) is 9.35 Å². The van der Waals surface area contributed by atoms with E-state index < -0.39 is 20.9 Å². The lowest BCUT2D eigenvalue weighted by Gasteiger charge is -2.13. The Labute approximate surface area is 140 Å². The van der Waals surface area contributed by atoms with E-state index in [0.29, 0.717) is 5.56 Å². The van der Waals surface area contributed by atoms with Crippen molar-refractivity contribution in [2.45, 2.75) is 4.90 Å². The smallest absolute Gasteiger partial charge is 0.296 e. The summed E-state index contributed by atoms with van der Waals surface area (Å²) in [6, 6.07) is 10.6. The number of carbonyl (C=O) groups is 1. The van der Waals surface area contributed by atoms with Crippen LogP contribution in [-0.2, 0) is 10.1 Å². The summed E-state index contributed by atoms with van der Waals surface area (Å²) >= 11 is 0. The van der Waals surface area contributed by atoms with E-state index in [4.69, 9.17) is 15.0 Å². The molecule has 0 bridgehead atoms. The molecule has 0 saturated heterocycles. The third-order valence-corrected chi connectivity index (χ3v) is 3.80. The quantitative estimate of drug-likeness (QED) is 0.479. The van der Waals surface area contributed by atoms with Gasteiger partial charge in [-0.25, -0.2) is 0 Å². The molecule has 0 spiro atoms. The van der Waals surface area contributed by atoms with Crippen LogP contribution in [0.15, 0.2) is 47.4 Å². The third-order valence-electron chi connectivity index (χ3n) is 2.89. The van der Waals surface area contributed by atoms with Gasteiger partial charge in [-0.15, -0.1) is 0 Å². The Morgan fingerprint density at radius 2 is 1.75 bits per heavy atom. The van der Waals surface area contributed by atoms with Crippen LogP contribution in [0, 0.1) is 0 Å². The van der Waals surface area contributed by atoms with Gasteiger partial charge in [0, 0.05) is 11.6 Å². The van der Waals surface area contributed by atoms with Crippen molar-refractivity contribution >= 4 is 27.4 Å². The average molecular weight is 353 g/mol. The largest absolute Gasteiger partial charge is 0.494 e. The van der Waals surface area contributed by atoms with Gasteiger partial charge in [-0.05, 0) is 25.2 Å². The summed E-state index contributed by atoms with van der Waals surface area (Å²) in [5.41, 5.74) is 10.3. The molecule has 0 aliphatic rings. The van der Waals surface area contributed by atoms with Gasteiger partial charge in [0.15, 0.2) is 0 Å². The highest BCUT2D eigenvalue weighted by Gasteiger charge is 2.19. The second-order valence-corrected chi connectivity index (χ2v) is 5.78.